The van der Waals surface area contributed by atoms with Gasteiger partial charge >= 0.3 is 0 Å². The van der Waals surface area contributed by atoms with Crippen molar-refractivity contribution in [2.75, 3.05) is 20.7 Å². The number of rotatable bonds is 3. The van der Waals surface area contributed by atoms with Crippen LogP contribution in [0.5, 0.6) is 5.75 Å². The number of methoxy groups -OCH3 is 1. The van der Waals surface area contributed by atoms with E-state index in [0.29, 0.717) is 6.04 Å². The molecule has 0 fully saturated rings. The van der Waals surface area contributed by atoms with Gasteiger partial charge in [0.05, 0.1) is 7.11 Å². The SMILES string of the molecule is COc1ccc2c(c1)CCN(C)C2CC(C)(C)N. The maximum atomic E-state index is 6.19. The largest absolute Gasteiger partial charge is 0.497 e. The van der Waals surface area contributed by atoms with Crippen LogP contribution in [0.1, 0.15) is 37.4 Å². The highest BCUT2D eigenvalue weighted by molar-refractivity contribution is 5.39. The number of nitrogens with zero attached hydrogens (tertiary/aromatic N) is 1. The van der Waals surface area contributed by atoms with Crippen molar-refractivity contribution >= 4 is 0 Å². The molecular formula is C15H24N2O. The van der Waals surface area contributed by atoms with Crippen molar-refractivity contribution in [1.82, 2.24) is 4.90 Å². The van der Waals surface area contributed by atoms with Gasteiger partial charge in [0.25, 0.3) is 0 Å². The van der Waals surface area contributed by atoms with Crippen LogP contribution in [0, 0.1) is 0 Å². The summed E-state index contributed by atoms with van der Waals surface area (Å²) in [6.07, 6.45) is 2.06. The van der Waals surface area contributed by atoms with Crippen molar-refractivity contribution < 1.29 is 4.74 Å². The van der Waals surface area contributed by atoms with Crippen molar-refractivity contribution in [3.63, 3.8) is 0 Å². The van der Waals surface area contributed by atoms with Crippen molar-refractivity contribution in [2.24, 2.45) is 5.73 Å². The van der Waals surface area contributed by atoms with Crippen LogP contribution in [0.3, 0.4) is 0 Å². The molecule has 1 aliphatic heterocycles. The Labute approximate surface area is 110 Å². The summed E-state index contributed by atoms with van der Waals surface area (Å²) in [5.74, 6) is 0.948. The molecule has 1 unspecified atom stereocenters. The highest BCUT2D eigenvalue weighted by atomic mass is 16.5. The zero-order valence-electron chi connectivity index (χ0n) is 11.9. The van der Waals surface area contributed by atoms with Gasteiger partial charge in [0.1, 0.15) is 5.75 Å². The van der Waals surface area contributed by atoms with Crippen LogP contribution in [0.2, 0.25) is 0 Å². The first-order valence-corrected chi connectivity index (χ1v) is 6.56. The Hall–Kier alpha value is -1.06. The molecule has 0 amide bonds. The van der Waals surface area contributed by atoms with Gasteiger partial charge in [0, 0.05) is 18.1 Å². The van der Waals surface area contributed by atoms with E-state index in [9.17, 15) is 0 Å². The Morgan fingerprint density at radius 1 is 1.44 bits per heavy atom. The van der Waals surface area contributed by atoms with Crippen molar-refractivity contribution in [3.05, 3.63) is 29.3 Å². The van der Waals surface area contributed by atoms with Crippen molar-refractivity contribution in [3.8, 4) is 5.75 Å². The lowest BCUT2D eigenvalue weighted by atomic mass is 9.85. The number of likely N-dealkylation sites (N-methyl/N-ethyl adjacent to an activating group) is 1. The number of ether oxygens (including phenoxy) is 1. The van der Waals surface area contributed by atoms with Crippen LogP contribution in [-0.2, 0) is 6.42 Å². The Bertz CT molecular complexity index is 423. The minimum Gasteiger partial charge on any atom is -0.497 e. The molecule has 3 heteroatoms. The van der Waals surface area contributed by atoms with E-state index >= 15 is 0 Å². The smallest absolute Gasteiger partial charge is 0.119 e. The van der Waals surface area contributed by atoms with Gasteiger partial charge in [0.2, 0.25) is 0 Å². The van der Waals surface area contributed by atoms with Gasteiger partial charge in [-0.1, -0.05) is 6.07 Å². The number of benzene rings is 1. The van der Waals surface area contributed by atoms with Crippen LogP contribution >= 0.6 is 0 Å². The fourth-order valence-corrected chi connectivity index (χ4v) is 2.70. The fourth-order valence-electron chi connectivity index (χ4n) is 2.70. The minimum absolute atomic E-state index is 0.145. The Kier molecular flexibility index (Phi) is 3.64. The Morgan fingerprint density at radius 3 is 2.78 bits per heavy atom. The van der Waals surface area contributed by atoms with Gasteiger partial charge in [-0.25, -0.2) is 0 Å². The molecule has 0 radical (unpaired) electrons. The molecule has 0 aromatic heterocycles. The molecule has 0 saturated heterocycles. The molecule has 18 heavy (non-hydrogen) atoms. The minimum atomic E-state index is -0.145. The maximum absolute atomic E-state index is 6.19. The molecule has 0 saturated carbocycles. The van der Waals surface area contributed by atoms with E-state index < -0.39 is 0 Å². The monoisotopic (exact) mass is 248 g/mol. The van der Waals surface area contributed by atoms with Crippen LogP contribution in [-0.4, -0.2) is 31.1 Å². The van der Waals surface area contributed by atoms with Crippen molar-refractivity contribution in [2.45, 2.75) is 38.3 Å². The molecular weight excluding hydrogens is 224 g/mol. The third-order valence-electron chi connectivity index (χ3n) is 3.69. The van der Waals surface area contributed by atoms with Crippen molar-refractivity contribution in [1.29, 1.82) is 0 Å². The van der Waals surface area contributed by atoms with Crippen LogP contribution in [0.4, 0.5) is 0 Å². The number of hydrogen-bond acceptors (Lipinski definition) is 3. The highest BCUT2D eigenvalue weighted by Crippen LogP contribution is 2.35. The summed E-state index contributed by atoms with van der Waals surface area (Å²) in [6.45, 7) is 5.28. The van der Waals surface area contributed by atoms with Gasteiger partial charge in [-0.15, -0.1) is 0 Å². The van der Waals surface area contributed by atoms with Crippen LogP contribution in [0.25, 0.3) is 0 Å². The molecule has 3 nitrogen and oxygen atoms in total. The zero-order chi connectivity index (χ0) is 13.3. The van der Waals surface area contributed by atoms with Gasteiger partial charge in [-0.3, -0.25) is 4.90 Å². The normalized spacial score (nSPS) is 20.6. The zero-order valence-corrected chi connectivity index (χ0v) is 11.9. The molecule has 1 atom stereocenters. The second-order valence-corrected chi connectivity index (χ2v) is 6.00. The molecule has 0 spiro atoms. The van der Waals surface area contributed by atoms with E-state index in [1.54, 1.807) is 7.11 Å². The molecule has 2 N–H and O–H groups in total. The first-order chi connectivity index (χ1) is 8.40. The average Bonchev–Trinajstić information content (AvgIpc) is 2.31. The van der Waals surface area contributed by atoms with Gasteiger partial charge in [-0.2, -0.15) is 0 Å². The summed E-state index contributed by atoms with van der Waals surface area (Å²) >= 11 is 0. The lowest BCUT2D eigenvalue weighted by Crippen LogP contribution is -2.41. The van der Waals surface area contributed by atoms with Gasteiger partial charge < -0.3 is 10.5 Å². The highest BCUT2D eigenvalue weighted by Gasteiger charge is 2.29. The predicted molar refractivity (Wildman–Crippen MR) is 75.0 cm³/mol. The first-order valence-electron chi connectivity index (χ1n) is 6.56. The topological polar surface area (TPSA) is 38.5 Å². The molecule has 2 rings (SSSR count). The number of nitrogens with two attached hydrogens (primary N) is 1. The first kappa shape index (κ1) is 13.4. The Morgan fingerprint density at radius 2 is 2.17 bits per heavy atom. The molecule has 0 bridgehead atoms. The molecule has 1 aromatic rings. The molecule has 1 heterocycles. The van der Waals surface area contributed by atoms with Crippen LogP contribution < -0.4 is 10.5 Å². The summed E-state index contributed by atoms with van der Waals surface area (Å²) in [6, 6.07) is 6.83. The van der Waals surface area contributed by atoms with E-state index in [1.807, 2.05) is 0 Å². The molecule has 1 aliphatic rings. The third-order valence-corrected chi connectivity index (χ3v) is 3.69. The van der Waals surface area contributed by atoms with E-state index in [2.05, 4.69) is 44.0 Å². The van der Waals surface area contributed by atoms with E-state index in [0.717, 1.165) is 25.1 Å². The van der Waals surface area contributed by atoms with E-state index in [1.165, 1.54) is 11.1 Å². The summed E-state index contributed by atoms with van der Waals surface area (Å²) in [5, 5.41) is 0. The van der Waals surface area contributed by atoms with E-state index in [4.69, 9.17) is 10.5 Å². The predicted octanol–water partition coefficient (Wildman–Crippen LogP) is 2.35. The van der Waals surface area contributed by atoms with Gasteiger partial charge in [-0.05, 0) is 57.0 Å². The van der Waals surface area contributed by atoms with E-state index in [-0.39, 0.29) is 5.54 Å². The number of hydrogen-bond donors (Lipinski definition) is 1. The summed E-state index contributed by atoms with van der Waals surface area (Å²) in [7, 11) is 3.90. The second kappa shape index (κ2) is 4.90. The average molecular weight is 248 g/mol. The molecule has 100 valence electrons. The lowest BCUT2D eigenvalue weighted by Gasteiger charge is -2.38. The molecule has 0 aliphatic carbocycles. The molecule has 1 aromatic carbocycles. The standard InChI is InChI=1S/C15H24N2O/c1-15(2,16)10-14-13-6-5-12(18-4)9-11(13)7-8-17(14)3/h5-6,9,14H,7-8,10,16H2,1-4H3. The summed E-state index contributed by atoms with van der Waals surface area (Å²) in [5.41, 5.74) is 8.85. The lowest BCUT2D eigenvalue weighted by molar-refractivity contribution is 0.192. The maximum Gasteiger partial charge on any atom is 0.119 e. The Balaban J connectivity index is 2.32. The quantitative estimate of drug-likeness (QED) is 0.892. The van der Waals surface area contributed by atoms with Crippen LogP contribution in [0.15, 0.2) is 18.2 Å². The fraction of sp³-hybridized carbons (Fsp3) is 0.600. The second-order valence-electron chi connectivity index (χ2n) is 6.00. The summed E-state index contributed by atoms with van der Waals surface area (Å²) in [4.78, 5) is 2.41. The number of fused-ring (bicyclic) bond motifs is 1. The van der Waals surface area contributed by atoms with Gasteiger partial charge in [0.15, 0.2) is 0 Å². The third kappa shape index (κ3) is 2.85. The summed E-state index contributed by atoms with van der Waals surface area (Å²) < 4.78 is 5.30.